The molecule has 0 radical (unpaired) electrons. The van der Waals surface area contributed by atoms with Gasteiger partial charge in [-0.25, -0.2) is 17.6 Å². The fourth-order valence-corrected chi connectivity index (χ4v) is 7.01. The van der Waals surface area contributed by atoms with Crippen molar-refractivity contribution in [1.29, 1.82) is 0 Å². The van der Waals surface area contributed by atoms with Crippen LogP contribution in [-0.4, -0.2) is 74.9 Å². The molecule has 2 aliphatic rings. The number of sulfonamides is 1. The van der Waals surface area contributed by atoms with Crippen molar-refractivity contribution in [2.75, 3.05) is 27.3 Å². The Balaban J connectivity index is 1.66. The van der Waals surface area contributed by atoms with Crippen molar-refractivity contribution in [2.24, 2.45) is 17.8 Å². The highest BCUT2D eigenvalue weighted by Gasteiger charge is 2.65. The maximum atomic E-state index is 14.0. The number of fused-ring (bicyclic) bond motifs is 1. The van der Waals surface area contributed by atoms with Crippen LogP contribution in [0, 0.1) is 30.5 Å². The van der Waals surface area contributed by atoms with Gasteiger partial charge >= 0.3 is 18.0 Å². The molecule has 216 valence electrons. The topological polar surface area (TPSA) is 149 Å². The second-order valence-electron chi connectivity index (χ2n) is 9.96. The summed E-state index contributed by atoms with van der Waals surface area (Å²) in [6.45, 7) is 0.715. The van der Waals surface area contributed by atoms with Gasteiger partial charge in [-0.3, -0.25) is 9.59 Å². The number of ether oxygens (including phenoxy) is 3. The number of β-amino-alcohol motifs (C(OH)–C–C–N with tert-alkyl or cyclic N) is 1. The zero-order chi connectivity index (χ0) is 29.2. The maximum absolute atomic E-state index is 14.0. The van der Waals surface area contributed by atoms with Crippen LogP contribution in [0.25, 0.3) is 0 Å². The number of hydrogen-bond donors (Lipinski definition) is 2. The van der Waals surface area contributed by atoms with E-state index in [1.54, 1.807) is 25.1 Å². The Morgan fingerprint density at radius 3 is 2.35 bits per heavy atom. The third kappa shape index (κ3) is 5.54. The van der Waals surface area contributed by atoms with E-state index in [1.807, 2.05) is 0 Å². The SMILES string of the molecule is COC(=O)[C@H]1C[C@H](OC(=O)NCc2ccccc2F)[C@@]2(O)CN(S(=O)(=O)c3ccc(C)cc3)CC2[C@H]1C(=O)OC. The van der Waals surface area contributed by atoms with Crippen LogP contribution in [0.15, 0.2) is 53.4 Å². The highest BCUT2D eigenvalue weighted by atomic mass is 32.2. The average Bonchev–Trinajstić information content (AvgIpc) is 3.31. The van der Waals surface area contributed by atoms with Gasteiger partial charge in [0.2, 0.25) is 10.0 Å². The van der Waals surface area contributed by atoms with Gasteiger partial charge in [0.25, 0.3) is 0 Å². The zero-order valence-corrected chi connectivity index (χ0v) is 23.0. The third-order valence-electron chi connectivity index (χ3n) is 7.63. The number of carbonyl (C=O) groups is 3. The Morgan fingerprint density at radius 1 is 1.07 bits per heavy atom. The number of carbonyl (C=O) groups excluding carboxylic acids is 3. The molecule has 5 atom stereocenters. The van der Waals surface area contributed by atoms with Gasteiger partial charge in [0, 0.05) is 37.5 Å². The molecule has 1 aliphatic carbocycles. The summed E-state index contributed by atoms with van der Waals surface area (Å²) in [6, 6.07) is 11.9. The van der Waals surface area contributed by atoms with Crippen LogP contribution in [0.2, 0.25) is 0 Å². The van der Waals surface area contributed by atoms with E-state index < -0.39 is 69.9 Å². The lowest BCUT2D eigenvalue weighted by Gasteiger charge is -2.46. The van der Waals surface area contributed by atoms with E-state index >= 15 is 0 Å². The lowest BCUT2D eigenvalue weighted by Crippen LogP contribution is -2.61. The molecule has 0 spiro atoms. The van der Waals surface area contributed by atoms with Gasteiger partial charge in [-0.1, -0.05) is 35.9 Å². The smallest absolute Gasteiger partial charge is 0.407 e. The quantitative estimate of drug-likeness (QED) is 0.370. The summed E-state index contributed by atoms with van der Waals surface area (Å²) in [7, 11) is -1.91. The number of hydrogen-bond acceptors (Lipinski definition) is 9. The van der Waals surface area contributed by atoms with Gasteiger partial charge in [0.15, 0.2) is 0 Å². The standard InChI is InChI=1S/C27H31FN2O9S/c1-16-8-10-18(11-9-16)40(35,36)30-14-20-23(25(32)38-3)19(24(31)37-2)12-22(27(20,34)15-30)39-26(33)29-13-17-6-4-5-7-21(17)28/h4-11,19-20,22-23,34H,12-15H2,1-3H3,(H,29,33)/t19-,20?,22-,23-,27+/m0/s1. The minimum absolute atomic E-state index is 0.0282. The zero-order valence-electron chi connectivity index (χ0n) is 22.2. The first-order valence-corrected chi connectivity index (χ1v) is 14.0. The van der Waals surface area contributed by atoms with Crippen molar-refractivity contribution < 1.29 is 46.5 Å². The number of nitrogens with one attached hydrogen (secondary N) is 1. The van der Waals surface area contributed by atoms with Crippen molar-refractivity contribution in [3.8, 4) is 0 Å². The molecule has 11 nitrogen and oxygen atoms in total. The monoisotopic (exact) mass is 578 g/mol. The van der Waals surface area contributed by atoms with Crippen molar-refractivity contribution in [3.05, 3.63) is 65.5 Å². The van der Waals surface area contributed by atoms with Crippen LogP contribution in [0.1, 0.15) is 17.5 Å². The second-order valence-corrected chi connectivity index (χ2v) is 11.9. The number of aliphatic hydroxyl groups is 1. The van der Waals surface area contributed by atoms with E-state index in [1.165, 1.54) is 30.3 Å². The van der Waals surface area contributed by atoms with E-state index in [2.05, 4.69) is 5.32 Å². The molecular formula is C27H31FN2O9S. The number of esters is 2. The van der Waals surface area contributed by atoms with Crippen LogP contribution >= 0.6 is 0 Å². The van der Waals surface area contributed by atoms with Gasteiger partial charge < -0.3 is 24.6 Å². The Morgan fingerprint density at radius 2 is 1.73 bits per heavy atom. The average molecular weight is 579 g/mol. The summed E-state index contributed by atoms with van der Waals surface area (Å²) in [4.78, 5) is 38.4. The molecule has 40 heavy (non-hydrogen) atoms. The number of benzene rings is 2. The summed E-state index contributed by atoms with van der Waals surface area (Å²) in [6.07, 6.45) is -2.79. The molecule has 1 aliphatic heterocycles. The number of aryl methyl sites for hydroxylation is 1. The predicted octanol–water partition coefficient (Wildman–Crippen LogP) is 1.76. The third-order valence-corrected chi connectivity index (χ3v) is 9.46. The van der Waals surface area contributed by atoms with Crippen LogP contribution in [0.4, 0.5) is 9.18 Å². The Hall–Kier alpha value is -3.55. The summed E-state index contributed by atoms with van der Waals surface area (Å²) in [5.74, 6) is -5.84. The molecule has 1 heterocycles. The van der Waals surface area contributed by atoms with Gasteiger partial charge in [-0.05, 0) is 25.1 Å². The van der Waals surface area contributed by atoms with E-state index in [0.29, 0.717) is 0 Å². The first-order chi connectivity index (χ1) is 18.9. The normalized spacial score (nSPS) is 26.4. The number of amides is 1. The molecule has 1 saturated heterocycles. The minimum atomic E-state index is -4.15. The Bertz CT molecular complexity index is 1380. The van der Waals surface area contributed by atoms with Gasteiger partial charge in [0.05, 0.1) is 31.0 Å². The summed E-state index contributed by atoms with van der Waals surface area (Å²) in [5.41, 5.74) is -1.03. The molecule has 2 aromatic carbocycles. The minimum Gasteiger partial charge on any atom is -0.469 e. The fourth-order valence-electron chi connectivity index (χ4n) is 5.50. The molecule has 1 unspecified atom stereocenters. The first kappa shape index (κ1) is 29.4. The fraction of sp³-hybridized carbons (Fsp3) is 0.444. The van der Waals surface area contributed by atoms with Crippen molar-refractivity contribution in [3.63, 3.8) is 0 Å². The summed E-state index contributed by atoms with van der Waals surface area (Å²) in [5, 5.41) is 14.3. The van der Waals surface area contributed by atoms with Crippen LogP contribution < -0.4 is 5.32 Å². The first-order valence-electron chi connectivity index (χ1n) is 12.5. The largest absolute Gasteiger partial charge is 0.469 e. The predicted molar refractivity (Wildman–Crippen MR) is 138 cm³/mol. The summed E-state index contributed by atoms with van der Waals surface area (Å²) < 4.78 is 57.4. The Kier molecular flexibility index (Phi) is 8.47. The second kappa shape index (κ2) is 11.5. The number of halogens is 1. The maximum Gasteiger partial charge on any atom is 0.407 e. The van der Waals surface area contributed by atoms with E-state index in [-0.39, 0.29) is 30.0 Å². The molecule has 1 amide bonds. The van der Waals surface area contributed by atoms with Crippen molar-refractivity contribution in [2.45, 2.75) is 36.5 Å². The highest BCUT2D eigenvalue weighted by Crippen LogP contribution is 2.49. The molecule has 2 N–H and O–H groups in total. The number of nitrogens with zero attached hydrogens (tertiary/aromatic N) is 1. The molecule has 2 aromatic rings. The van der Waals surface area contributed by atoms with E-state index in [9.17, 15) is 32.3 Å². The van der Waals surface area contributed by atoms with E-state index in [4.69, 9.17) is 14.2 Å². The van der Waals surface area contributed by atoms with E-state index in [0.717, 1.165) is 24.1 Å². The van der Waals surface area contributed by atoms with Crippen LogP contribution in [0.3, 0.4) is 0 Å². The molecule has 0 aromatic heterocycles. The van der Waals surface area contributed by atoms with Gasteiger partial charge in [-0.15, -0.1) is 0 Å². The lowest BCUT2D eigenvalue weighted by molar-refractivity contribution is -0.186. The number of alkyl carbamates (subject to hydrolysis) is 1. The molecule has 0 bridgehead atoms. The van der Waals surface area contributed by atoms with Crippen LogP contribution in [-0.2, 0) is 40.4 Å². The van der Waals surface area contributed by atoms with Crippen molar-refractivity contribution >= 4 is 28.1 Å². The molecule has 4 rings (SSSR count). The van der Waals surface area contributed by atoms with Crippen molar-refractivity contribution in [1.82, 2.24) is 9.62 Å². The molecule has 2 fully saturated rings. The molecule has 13 heteroatoms. The molecule has 1 saturated carbocycles. The highest BCUT2D eigenvalue weighted by molar-refractivity contribution is 7.89. The van der Waals surface area contributed by atoms with Gasteiger partial charge in [0.1, 0.15) is 17.5 Å². The molecular weight excluding hydrogens is 547 g/mol. The number of methoxy groups -OCH3 is 2. The Labute approximate surface area is 231 Å². The van der Waals surface area contributed by atoms with Crippen LogP contribution in [0.5, 0.6) is 0 Å². The van der Waals surface area contributed by atoms with Gasteiger partial charge in [-0.2, -0.15) is 4.31 Å². The number of rotatable bonds is 7. The lowest BCUT2D eigenvalue weighted by atomic mass is 9.64. The summed E-state index contributed by atoms with van der Waals surface area (Å²) >= 11 is 0.